The second kappa shape index (κ2) is 5.50. The molecule has 22 heavy (non-hydrogen) atoms. The number of aromatic nitrogens is 4. The highest BCUT2D eigenvalue weighted by atomic mass is 15.4. The van der Waals surface area contributed by atoms with Gasteiger partial charge in [-0.2, -0.15) is 9.61 Å². The number of nitrogens with two attached hydrogens (primary N) is 1. The van der Waals surface area contributed by atoms with Gasteiger partial charge >= 0.3 is 0 Å². The highest BCUT2D eigenvalue weighted by molar-refractivity contribution is 5.61. The van der Waals surface area contributed by atoms with E-state index >= 15 is 0 Å². The molecule has 2 aromatic heterocycles. The molecule has 0 bridgehead atoms. The maximum atomic E-state index is 6.22. The highest BCUT2D eigenvalue weighted by Gasteiger charge is 2.18. The number of nitrogens with zero attached hydrogens (tertiary/aromatic N) is 4. The molecule has 0 fully saturated rings. The third-order valence-corrected chi connectivity index (χ3v) is 4.11. The van der Waals surface area contributed by atoms with Crippen LogP contribution in [-0.4, -0.2) is 19.8 Å². The average molecular weight is 295 g/mol. The van der Waals surface area contributed by atoms with Gasteiger partial charge in [0.15, 0.2) is 11.5 Å². The molecule has 3 aromatic rings. The van der Waals surface area contributed by atoms with Gasteiger partial charge in [0.1, 0.15) is 0 Å². The fraction of sp³-hybridized carbons (Fsp3) is 0.353. The molecule has 0 saturated carbocycles. The Kier molecular flexibility index (Phi) is 3.66. The summed E-state index contributed by atoms with van der Waals surface area (Å²) in [6, 6.07) is 10.1. The van der Waals surface area contributed by atoms with Crippen LogP contribution in [0.25, 0.3) is 16.9 Å². The van der Waals surface area contributed by atoms with E-state index in [1.54, 1.807) is 4.52 Å². The zero-order valence-corrected chi connectivity index (χ0v) is 13.4. The number of benzene rings is 1. The van der Waals surface area contributed by atoms with Crippen LogP contribution in [0.1, 0.15) is 36.8 Å². The summed E-state index contributed by atoms with van der Waals surface area (Å²) in [5.74, 6) is 0.982. The first-order chi connectivity index (χ1) is 10.5. The number of hydrogen-bond donors (Lipinski definition) is 1. The predicted molar refractivity (Wildman–Crippen MR) is 87.5 cm³/mol. The quantitative estimate of drug-likeness (QED) is 0.806. The summed E-state index contributed by atoms with van der Waals surface area (Å²) in [5.41, 5.74) is 11.4. The summed E-state index contributed by atoms with van der Waals surface area (Å²) >= 11 is 0. The minimum Gasteiger partial charge on any atom is -0.321 e. The van der Waals surface area contributed by atoms with Gasteiger partial charge in [0.05, 0.1) is 11.7 Å². The topological polar surface area (TPSA) is 69.1 Å². The number of fused-ring (bicyclic) bond motifs is 1. The van der Waals surface area contributed by atoms with Crippen LogP contribution in [-0.2, 0) is 0 Å². The van der Waals surface area contributed by atoms with E-state index < -0.39 is 0 Å². The first-order valence-electron chi connectivity index (χ1n) is 7.53. The van der Waals surface area contributed by atoms with Crippen LogP contribution in [0.4, 0.5) is 0 Å². The Morgan fingerprint density at radius 2 is 1.77 bits per heavy atom. The van der Waals surface area contributed by atoms with Crippen molar-refractivity contribution in [1.82, 2.24) is 19.8 Å². The highest BCUT2D eigenvalue weighted by Crippen LogP contribution is 2.22. The molecule has 114 valence electrons. The van der Waals surface area contributed by atoms with Crippen LogP contribution < -0.4 is 5.73 Å². The smallest absolute Gasteiger partial charge is 0.178 e. The van der Waals surface area contributed by atoms with Gasteiger partial charge in [-0.15, -0.1) is 10.2 Å². The molecule has 0 aliphatic carbocycles. The molecular formula is C17H21N5. The molecule has 0 aliphatic rings. The summed E-state index contributed by atoms with van der Waals surface area (Å²) in [5, 5.41) is 13.1. The van der Waals surface area contributed by atoms with Crippen molar-refractivity contribution >= 4 is 5.65 Å². The van der Waals surface area contributed by atoms with E-state index in [-0.39, 0.29) is 12.0 Å². The van der Waals surface area contributed by atoms with Gasteiger partial charge in [-0.3, -0.25) is 0 Å². The predicted octanol–water partition coefficient (Wildman–Crippen LogP) is 3.06. The lowest BCUT2D eigenvalue weighted by Gasteiger charge is -2.13. The lowest BCUT2D eigenvalue weighted by molar-refractivity contribution is 0.480. The van der Waals surface area contributed by atoms with Gasteiger partial charge in [-0.05, 0) is 49.1 Å². The lowest BCUT2D eigenvalue weighted by Crippen LogP contribution is -2.20. The fourth-order valence-corrected chi connectivity index (χ4v) is 2.37. The van der Waals surface area contributed by atoms with Gasteiger partial charge in [0, 0.05) is 5.56 Å². The molecule has 5 nitrogen and oxygen atoms in total. The summed E-state index contributed by atoms with van der Waals surface area (Å²) in [6.45, 7) is 8.35. The van der Waals surface area contributed by atoms with Crippen molar-refractivity contribution in [3.63, 3.8) is 0 Å². The summed E-state index contributed by atoms with van der Waals surface area (Å²) in [4.78, 5) is 0. The minimum absolute atomic E-state index is 0.183. The van der Waals surface area contributed by atoms with Crippen LogP contribution >= 0.6 is 0 Å². The summed E-state index contributed by atoms with van der Waals surface area (Å²) < 4.78 is 1.76. The maximum absolute atomic E-state index is 6.22. The van der Waals surface area contributed by atoms with E-state index in [1.165, 1.54) is 11.1 Å². The molecule has 0 spiro atoms. The van der Waals surface area contributed by atoms with E-state index in [2.05, 4.69) is 56.1 Å². The molecule has 3 rings (SSSR count). The van der Waals surface area contributed by atoms with Gasteiger partial charge in [0.25, 0.3) is 0 Å². The maximum Gasteiger partial charge on any atom is 0.178 e. The van der Waals surface area contributed by atoms with Crippen LogP contribution in [0, 0.1) is 19.8 Å². The minimum atomic E-state index is -0.183. The SMILES string of the molecule is Cc1ccc(-c2ccc3nnc([C@H](N)C(C)C)n3n2)cc1C. The Morgan fingerprint density at radius 1 is 1.00 bits per heavy atom. The normalized spacial score (nSPS) is 13.0. The van der Waals surface area contributed by atoms with Crippen LogP contribution in [0.5, 0.6) is 0 Å². The standard InChI is InChI=1S/C17H21N5/c1-10(2)16(18)17-20-19-15-8-7-14(21-22(15)17)13-6-5-11(3)12(4)9-13/h5-10,16H,18H2,1-4H3/t16-/m1/s1. The second-order valence-corrected chi connectivity index (χ2v) is 6.12. The van der Waals surface area contributed by atoms with Gasteiger partial charge in [-0.25, -0.2) is 0 Å². The van der Waals surface area contributed by atoms with Crippen molar-refractivity contribution in [3.8, 4) is 11.3 Å². The fourth-order valence-electron chi connectivity index (χ4n) is 2.37. The monoisotopic (exact) mass is 295 g/mol. The molecule has 1 atom stereocenters. The zero-order valence-electron chi connectivity index (χ0n) is 13.4. The third-order valence-electron chi connectivity index (χ3n) is 4.11. The van der Waals surface area contributed by atoms with Crippen molar-refractivity contribution in [2.24, 2.45) is 11.7 Å². The molecule has 0 amide bonds. The molecule has 0 radical (unpaired) electrons. The Labute approximate surface area is 130 Å². The molecule has 1 aromatic carbocycles. The Morgan fingerprint density at radius 3 is 2.45 bits per heavy atom. The second-order valence-electron chi connectivity index (χ2n) is 6.12. The molecular weight excluding hydrogens is 274 g/mol. The third kappa shape index (κ3) is 2.48. The van der Waals surface area contributed by atoms with Crippen molar-refractivity contribution < 1.29 is 0 Å². The average Bonchev–Trinajstić information content (AvgIpc) is 2.92. The first kappa shape index (κ1) is 14.7. The molecule has 2 N–H and O–H groups in total. The van der Waals surface area contributed by atoms with Crippen LogP contribution in [0.15, 0.2) is 30.3 Å². The Hall–Kier alpha value is -2.27. The van der Waals surface area contributed by atoms with Gasteiger partial charge in [0.2, 0.25) is 0 Å². The van der Waals surface area contributed by atoms with Crippen molar-refractivity contribution in [2.45, 2.75) is 33.7 Å². The lowest BCUT2D eigenvalue weighted by atomic mass is 10.0. The Bertz CT molecular complexity index is 819. The van der Waals surface area contributed by atoms with Crippen LogP contribution in [0.2, 0.25) is 0 Å². The number of aryl methyl sites for hydroxylation is 2. The first-order valence-corrected chi connectivity index (χ1v) is 7.53. The summed E-state index contributed by atoms with van der Waals surface area (Å²) in [7, 11) is 0. The van der Waals surface area contributed by atoms with Crippen molar-refractivity contribution in [2.75, 3.05) is 0 Å². The van der Waals surface area contributed by atoms with Gasteiger partial charge < -0.3 is 5.73 Å². The van der Waals surface area contributed by atoms with E-state index in [0.29, 0.717) is 5.82 Å². The molecule has 0 saturated heterocycles. The van der Waals surface area contributed by atoms with E-state index in [9.17, 15) is 0 Å². The molecule has 5 heteroatoms. The van der Waals surface area contributed by atoms with Crippen molar-refractivity contribution in [1.29, 1.82) is 0 Å². The van der Waals surface area contributed by atoms with Gasteiger partial charge in [-0.1, -0.05) is 26.0 Å². The Balaban J connectivity index is 2.12. The van der Waals surface area contributed by atoms with E-state index in [4.69, 9.17) is 10.8 Å². The molecule has 2 heterocycles. The summed E-state index contributed by atoms with van der Waals surface area (Å²) in [6.07, 6.45) is 0. The largest absolute Gasteiger partial charge is 0.321 e. The van der Waals surface area contributed by atoms with Crippen LogP contribution in [0.3, 0.4) is 0 Å². The van der Waals surface area contributed by atoms with Crippen molar-refractivity contribution in [3.05, 3.63) is 47.3 Å². The number of rotatable bonds is 3. The molecule has 0 unspecified atom stereocenters. The van der Waals surface area contributed by atoms with E-state index in [1.807, 2.05) is 12.1 Å². The van der Waals surface area contributed by atoms with E-state index in [0.717, 1.165) is 16.9 Å². The zero-order chi connectivity index (χ0) is 15.9. The number of hydrogen-bond acceptors (Lipinski definition) is 4. The molecule has 0 aliphatic heterocycles.